The minimum Gasteiger partial charge on any atom is -0.509 e. The monoisotopic (exact) mass is 1150 g/mol. The first-order valence-electron chi connectivity index (χ1n) is 25.3. The van der Waals surface area contributed by atoms with Crippen molar-refractivity contribution < 1.29 is 30.2 Å². The fourth-order valence-electron chi connectivity index (χ4n) is 10.6. The molecule has 7 heteroatoms. The van der Waals surface area contributed by atoms with Crippen LogP contribution in [0.4, 0.5) is 22.7 Å². The summed E-state index contributed by atoms with van der Waals surface area (Å²) in [6.07, 6.45) is 1.90. The molecule has 0 aliphatic carbocycles. The Balaban J connectivity index is 0.00000569. The van der Waals surface area contributed by atoms with Crippen LogP contribution in [-0.4, -0.2) is 9.55 Å². The quantitative estimate of drug-likeness (QED) is 0.142. The zero-order chi connectivity index (χ0) is 50.3. The Morgan fingerprint density at radius 1 is 0.520 bits per heavy atom. The summed E-state index contributed by atoms with van der Waals surface area (Å²) < 4.78 is 15.7. The third-order valence-electron chi connectivity index (χ3n) is 14.5. The van der Waals surface area contributed by atoms with Crippen molar-refractivity contribution in [2.45, 2.75) is 52.4 Å². The number of hydrogen-bond donors (Lipinski definition) is 0. The molecule has 0 unspecified atom stereocenters. The normalized spacial score (nSPS) is 12.7. The van der Waals surface area contributed by atoms with E-state index in [0.717, 1.165) is 94.6 Å². The molecule has 0 fully saturated rings. The first-order chi connectivity index (χ1) is 35.9. The van der Waals surface area contributed by atoms with E-state index < -0.39 is 0 Å². The number of fused-ring (bicyclic) bond motifs is 8. The first-order valence-corrected chi connectivity index (χ1v) is 25.3. The fraction of sp³-hybridized carbons (Fsp3) is 0.118. The van der Waals surface area contributed by atoms with E-state index in [0.29, 0.717) is 11.5 Å². The Hall–Kier alpha value is -8.18. The largest absolute Gasteiger partial charge is 0.509 e. The maximum absolute atomic E-state index is 6.79. The number of rotatable bonds is 8. The molecule has 0 saturated carbocycles. The molecule has 75 heavy (non-hydrogen) atoms. The van der Waals surface area contributed by atoms with Crippen LogP contribution in [0.2, 0.25) is 0 Å². The van der Waals surface area contributed by atoms with Crippen molar-refractivity contribution in [3.8, 4) is 50.7 Å². The van der Waals surface area contributed by atoms with Gasteiger partial charge < -0.3 is 23.5 Å². The summed E-state index contributed by atoms with van der Waals surface area (Å²) in [5.74, 6) is 1.90. The molecule has 4 heterocycles. The molecule has 370 valence electrons. The van der Waals surface area contributed by atoms with Crippen molar-refractivity contribution in [3.63, 3.8) is 0 Å². The van der Waals surface area contributed by atoms with E-state index in [1.165, 1.54) is 22.3 Å². The molecular weight excluding hydrogens is 1100 g/mol. The van der Waals surface area contributed by atoms with E-state index in [1.807, 2.05) is 24.4 Å². The summed E-state index contributed by atoms with van der Waals surface area (Å²) >= 11 is 0. The second-order valence-corrected chi connectivity index (χ2v) is 21.3. The summed E-state index contributed by atoms with van der Waals surface area (Å²) in [6.45, 7) is 15.7. The van der Waals surface area contributed by atoms with Crippen molar-refractivity contribution in [1.82, 2.24) is 9.55 Å². The van der Waals surface area contributed by atoms with Gasteiger partial charge in [-0.15, -0.1) is 42.7 Å². The van der Waals surface area contributed by atoms with Crippen molar-refractivity contribution >= 4 is 66.5 Å². The SMILES string of the molecule is CC(C)(C)c1ccc(-c2cccc(-c3cccc(-c4ccccc4)c3)c2N2[CH-]N(c3[c-]c(Oc4[c-]c5c(cc4)c4oc6ccc7ccccc7c6c4n5-c4cc(C(C)(C)C)ccn4)ccc3)c3ccccc32)cc1.[Pt]. The van der Waals surface area contributed by atoms with Crippen LogP contribution < -0.4 is 14.5 Å². The van der Waals surface area contributed by atoms with Crippen LogP contribution in [0.5, 0.6) is 11.5 Å². The smallest absolute Gasteiger partial charge is 0.136 e. The predicted octanol–water partition coefficient (Wildman–Crippen LogP) is 18.5. The number of anilines is 4. The van der Waals surface area contributed by atoms with Crippen molar-refractivity contribution in [2.75, 3.05) is 9.80 Å². The Kier molecular flexibility index (Phi) is 11.9. The maximum atomic E-state index is 6.79. The van der Waals surface area contributed by atoms with Crippen LogP contribution in [-0.2, 0) is 31.9 Å². The molecule has 9 aromatic carbocycles. The van der Waals surface area contributed by atoms with Crippen LogP contribution >= 0.6 is 0 Å². The molecule has 6 nitrogen and oxygen atoms in total. The van der Waals surface area contributed by atoms with Gasteiger partial charge >= 0.3 is 0 Å². The molecule has 0 spiro atoms. The Labute approximate surface area is 452 Å². The number of ether oxygens (including phenoxy) is 1. The average Bonchev–Trinajstić information content (AvgIpc) is 4.12. The molecule has 0 amide bonds. The van der Waals surface area contributed by atoms with E-state index in [2.05, 4.69) is 257 Å². The second kappa shape index (κ2) is 18.6. The van der Waals surface area contributed by atoms with Crippen LogP contribution in [0.15, 0.2) is 211 Å². The molecule has 0 atom stereocenters. The van der Waals surface area contributed by atoms with Gasteiger partial charge in [0.05, 0.1) is 10.9 Å². The predicted molar refractivity (Wildman–Crippen MR) is 305 cm³/mol. The van der Waals surface area contributed by atoms with Crippen molar-refractivity contribution in [1.29, 1.82) is 0 Å². The molecule has 1 aliphatic heterocycles. The maximum Gasteiger partial charge on any atom is 0.136 e. The molecule has 0 saturated heterocycles. The summed E-state index contributed by atoms with van der Waals surface area (Å²) in [6, 6.07) is 78.2. The molecule has 1 aliphatic rings. The Morgan fingerprint density at radius 3 is 1.97 bits per heavy atom. The summed E-state index contributed by atoms with van der Waals surface area (Å²) in [5.41, 5.74) is 16.7. The van der Waals surface area contributed by atoms with Crippen molar-refractivity contribution in [2.24, 2.45) is 0 Å². The number of para-hydroxylation sites is 3. The number of aromatic nitrogens is 2. The summed E-state index contributed by atoms with van der Waals surface area (Å²) in [7, 11) is 0. The van der Waals surface area contributed by atoms with Gasteiger partial charge in [0.25, 0.3) is 0 Å². The van der Waals surface area contributed by atoms with E-state index in [1.54, 1.807) is 0 Å². The topological polar surface area (TPSA) is 46.7 Å². The van der Waals surface area contributed by atoms with Crippen LogP contribution in [0.3, 0.4) is 0 Å². The van der Waals surface area contributed by atoms with Gasteiger partial charge in [-0.25, -0.2) is 4.98 Å². The van der Waals surface area contributed by atoms with Gasteiger partial charge in [0.1, 0.15) is 17.0 Å². The van der Waals surface area contributed by atoms with E-state index in [9.17, 15) is 0 Å². The van der Waals surface area contributed by atoms with Crippen LogP contribution in [0, 0.1) is 18.8 Å². The molecule has 3 aromatic heterocycles. The first kappa shape index (κ1) is 47.8. The van der Waals surface area contributed by atoms with E-state index in [-0.39, 0.29) is 31.9 Å². The third kappa shape index (κ3) is 8.48. The van der Waals surface area contributed by atoms with Gasteiger partial charge in [-0.2, -0.15) is 12.1 Å². The summed E-state index contributed by atoms with van der Waals surface area (Å²) in [5, 5.41) is 4.23. The number of nitrogens with zero attached hydrogens (tertiary/aromatic N) is 4. The van der Waals surface area contributed by atoms with Crippen LogP contribution in [0.25, 0.3) is 82.9 Å². The third-order valence-corrected chi connectivity index (χ3v) is 14.5. The van der Waals surface area contributed by atoms with Gasteiger partial charge in [0.2, 0.25) is 0 Å². The number of furan rings is 1. The van der Waals surface area contributed by atoms with Gasteiger partial charge in [-0.3, -0.25) is 0 Å². The summed E-state index contributed by atoms with van der Waals surface area (Å²) in [4.78, 5) is 9.55. The molecule has 13 rings (SSSR count). The van der Waals surface area contributed by atoms with Gasteiger partial charge in [0, 0.05) is 67.0 Å². The number of hydrogen-bond acceptors (Lipinski definition) is 5. The molecule has 0 radical (unpaired) electrons. The molecule has 0 N–H and O–H groups in total. The second-order valence-electron chi connectivity index (χ2n) is 21.3. The van der Waals surface area contributed by atoms with Gasteiger partial charge in [-0.05, 0) is 91.4 Å². The van der Waals surface area contributed by atoms with E-state index in [4.69, 9.17) is 14.1 Å². The van der Waals surface area contributed by atoms with Crippen molar-refractivity contribution in [3.05, 3.63) is 236 Å². The minimum atomic E-state index is -0.0907. The van der Waals surface area contributed by atoms with Crippen LogP contribution in [0.1, 0.15) is 52.7 Å². The zero-order valence-corrected chi connectivity index (χ0v) is 44.9. The molecule has 12 aromatic rings. The zero-order valence-electron chi connectivity index (χ0n) is 42.6. The van der Waals surface area contributed by atoms with Gasteiger partial charge in [-0.1, -0.05) is 186 Å². The number of pyridine rings is 1. The molecule has 0 bridgehead atoms. The Morgan fingerprint density at radius 2 is 1.19 bits per heavy atom. The Bertz CT molecular complexity index is 4120. The standard InChI is InChI=1S/C68H53N4O2.Pt/c1-67(2,3)49-32-29-46(30-33-49)55-25-16-26-56(48-21-14-20-47(39-48)44-17-8-7-9-18-44)64(55)71-43-70(58-27-12-13-28-59(58)71)51-22-15-23-52(41-51)73-53-34-35-57-60(42-53)72(62-40-50(37-38-69-62)68(4,5)6)65-63-54-24-11-10-19-45(54)31-36-61(63)74-66(57)65;/h7-40,43H,1-6H3;/q-3;. The molecular formula is C68H53N4O2Pt-3. The van der Waals surface area contributed by atoms with E-state index >= 15 is 0 Å². The van der Waals surface area contributed by atoms with Gasteiger partial charge in [0.15, 0.2) is 0 Å². The number of benzene rings is 9. The fourth-order valence-corrected chi connectivity index (χ4v) is 10.6. The minimum absolute atomic E-state index is 0. The average molecular weight is 1150 g/mol.